The molecule has 2 amide bonds. The molecule has 222 valence electrons. The maximum absolute atomic E-state index is 12.4. The van der Waals surface area contributed by atoms with Crippen LogP contribution >= 0.6 is 23.2 Å². The fourth-order valence-corrected chi connectivity index (χ4v) is 3.79. The van der Waals surface area contributed by atoms with Crippen molar-refractivity contribution in [3.8, 4) is 11.5 Å². The van der Waals surface area contributed by atoms with Crippen LogP contribution in [-0.4, -0.2) is 36.2 Å². The van der Waals surface area contributed by atoms with Crippen molar-refractivity contribution in [3.63, 3.8) is 0 Å². The second kappa shape index (κ2) is 15.8. The van der Waals surface area contributed by atoms with Gasteiger partial charge in [-0.05, 0) is 72.8 Å². The Hall–Kier alpha value is -5.32. The largest absolute Gasteiger partial charge is 0.422 e. The number of nitrogens with one attached hydrogen (secondary N) is 2. The monoisotopic (exact) mass is 630 g/mol. The van der Waals surface area contributed by atoms with Crippen molar-refractivity contribution in [1.82, 2.24) is 10.9 Å². The number of rotatable bonds is 11. The van der Waals surface area contributed by atoms with Gasteiger partial charge in [-0.3, -0.25) is 9.59 Å². The van der Waals surface area contributed by atoms with Gasteiger partial charge < -0.3 is 9.47 Å². The molecule has 0 atom stereocenters. The molecule has 0 heterocycles. The molecule has 0 saturated carbocycles. The van der Waals surface area contributed by atoms with Gasteiger partial charge in [0.25, 0.3) is 0 Å². The fourth-order valence-electron chi connectivity index (χ4n) is 3.54. The van der Waals surface area contributed by atoms with E-state index in [0.29, 0.717) is 32.3 Å². The lowest BCUT2D eigenvalue weighted by atomic mass is 10.2. The predicted molar refractivity (Wildman–Crippen MR) is 166 cm³/mol. The normalized spacial score (nSPS) is 10.9. The first-order valence-corrected chi connectivity index (χ1v) is 13.8. The number of hydrogen-bond acceptors (Lipinski definition) is 8. The van der Waals surface area contributed by atoms with Crippen molar-refractivity contribution < 1.29 is 28.7 Å². The zero-order valence-corrected chi connectivity index (χ0v) is 24.4. The molecule has 0 aliphatic heterocycles. The zero-order valence-electron chi connectivity index (χ0n) is 22.9. The first-order valence-electron chi connectivity index (χ1n) is 13.1. The Morgan fingerprint density at radius 3 is 1.32 bits per heavy atom. The Morgan fingerprint density at radius 2 is 0.932 bits per heavy atom. The number of hydrazone groups is 2. The lowest BCUT2D eigenvalue weighted by Gasteiger charge is -2.07. The second-order valence-corrected chi connectivity index (χ2v) is 9.83. The highest BCUT2D eigenvalue weighted by Crippen LogP contribution is 2.20. The molecule has 0 spiro atoms. The quantitative estimate of drug-likeness (QED) is 0.0928. The van der Waals surface area contributed by atoms with Crippen molar-refractivity contribution in [2.75, 3.05) is 0 Å². The summed E-state index contributed by atoms with van der Waals surface area (Å²) < 4.78 is 10.9. The van der Waals surface area contributed by atoms with E-state index in [1.54, 1.807) is 97.1 Å². The summed E-state index contributed by atoms with van der Waals surface area (Å²) in [5.74, 6) is -1.72. The lowest BCUT2D eigenvalue weighted by Crippen LogP contribution is -2.23. The highest BCUT2D eigenvalue weighted by molar-refractivity contribution is 6.31. The average Bonchev–Trinajstić information content (AvgIpc) is 3.02. The van der Waals surface area contributed by atoms with Crippen LogP contribution < -0.4 is 20.3 Å². The Bertz CT molecular complexity index is 1580. The smallest absolute Gasteiger partial charge is 0.343 e. The van der Waals surface area contributed by atoms with E-state index in [0.717, 1.165) is 0 Å². The molecule has 2 N–H and O–H groups in total. The summed E-state index contributed by atoms with van der Waals surface area (Å²) in [6, 6.07) is 25.8. The molecule has 4 aromatic carbocycles. The summed E-state index contributed by atoms with van der Waals surface area (Å²) >= 11 is 11.7. The van der Waals surface area contributed by atoms with Crippen molar-refractivity contribution in [3.05, 3.63) is 129 Å². The molecule has 4 aromatic rings. The SMILES string of the molecule is O=C(CCC(=O)N/N=C/c1ccccc1OC(=O)c1ccc(Cl)cc1)N/N=C\c1ccccc1OC(=O)c1ccc(Cl)cc1. The molecule has 0 aliphatic rings. The van der Waals surface area contributed by atoms with E-state index in [1.165, 1.54) is 12.4 Å². The Balaban J connectivity index is 1.23. The molecule has 0 saturated heterocycles. The topological polar surface area (TPSA) is 136 Å². The molecule has 4 rings (SSSR count). The molecule has 0 radical (unpaired) electrons. The highest BCUT2D eigenvalue weighted by Gasteiger charge is 2.12. The summed E-state index contributed by atoms with van der Waals surface area (Å²) in [5, 5.41) is 8.77. The lowest BCUT2D eigenvalue weighted by molar-refractivity contribution is -0.126. The summed E-state index contributed by atoms with van der Waals surface area (Å²) in [6.07, 6.45) is 2.32. The molecule has 10 nitrogen and oxygen atoms in total. The van der Waals surface area contributed by atoms with Crippen LogP contribution in [-0.2, 0) is 9.59 Å². The van der Waals surface area contributed by atoms with Crippen molar-refractivity contribution in [2.45, 2.75) is 12.8 Å². The van der Waals surface area contributed by atoms with Crippen LogP contribution in [0.5, 0.6) is 11.5 Å². The average molecular weight is 631 g/mol. The number of para-hydroxylation sites is 2. The minimum absolute atomic E-state index is 0.165. The molecule has 0 unspecified atom stereocenters. The van der Waals surface area contributed by atoms with Gasteiger partial charge in [0.2, 0.25) is 11.8 Å². The minimum Gasteiger partial charge on any atom is -0.422 e. The minimum atomic E-state index is -0.581. The van der Waals surface area contributed by atoms with Crippen LogP contribution in [0.1, 0.15) is 44.7 Å². The van der Waals surface area contributed by atoms with Crippen LogP contribution in [0, 0.1) is 0 Å². The number of carbonyl (C=O) groups is 4. The van der Waals surface area contributed by atoms with Crippen LogP contribution in [0.25, 0.3) is 0 Å². The van der Waals surface area contributed by atoms with Gasteiger partial charge in [0.05, 0.1) is 23.6 Å². The second-order valence-electron chi connectivity index (χ2n) is 8.95. The maximum atomic E-state index is 12.4. The molecule has 0 aromatic heterocycles. The van der Waals surface area contributed by atoms with Crippen molar-refractivity contribution >= 4 is 59.4 Å². The van der Waals surface area contributed by atoms with Gasteiger partial charge in [0.15, 0.2) is 0 Å². The number of amides is 2. The van der Waals surface area contributed by atoms with Crippen LogP contribution in [0.2, 0.25) is 10.0 Å². The first-order chi connectivity index (χ1) is 21.3. The third kappa shape index (κ3) is 9.62. The molecule has 44 heavy (non-hydrogen) atoms. The van der Waals surface area contributed by atoms with Gasteiger partial charge in [-0.1, -0.05) is 47.5 Å². The van der Waals surface area contributed by atoms with Gasteiger partial charge in [-0.15, -0.1) is 0 Å². The standard InChI is InChI=1S/C32H24Cl2N4O6/c33-25-13-9-21(10-14-25)31(41)43-27-7-3-1-5-23(27)19-35-37-29(39)17-18-30(40)38-36-20-24-6-2-4-8-28(24)44-32(42)22-11-15-26(34)16-12-22/h1-16,19-20H,17-18H2,(H,37,39)(H,38,40)/b35-19-,36-20+. The van der Waals surface area contributed by atoms with Crippen LogP contribution in [0.15, 0.2) is 107 Å². The zero-order chi connectivity index (χ0) is 31.3. The number of hydrogen-bond donors (Lipinski definition) is 2. The molecule has 0 aliphatic carbocycles. The van der Waals surface area contributed by atoms with Gasteiger partial charge in [-0.25, -0.2) is 20.4 Å². The molecule has 12 heteroatoms. The Morgan fingerprint density at radius 1 is 0.568 bits per heavy atom. The summed E-state index contributed by atoms with van der Waals surface area (Å²) in [5.41, 5.74) is 6.19. The van der Waals surface area contributed by atoms with E-state index >= 15 is 0 Å². The molecular formula is C32H24Cl2N4O6. The molecule has 0 fully saturated rings. The third-order valence-corrected chi connectivity index (χ3v) is 6.27. The van der Waals surface area contributed by atoms with Gasteiger partial charge >= 0.3 is 11.9 Å². The highest BCUT2D eigenvalue weighted by atomic mass is 35.5. The number of halogens is 2. The van der Waals surface area contributed by atoms with E-state index in [9.17, 15) is 19.2 Å². The van der Waals surface area contributed by atoms with Crippen molar-refractivity contribution in [2.24, 2.45) is 10.2 Å². The summed E-state index contributed by atoms with van der Waals surface area (Å²) in [7, 11) is 0. The van der Waals surface area contributed by atoms with E-state index < -0.39 is 23.8 Å². The molecule has 0 bridgehead atoms. The van der Waals surface area contributed by atoms with Gasteiger partial charge in [0, 0.05) is 34.0 Å². The van der Waals surface area contributed by atoms with Crippen LogP contribution in [0.4, 0.5) is 0 Å². The number of benzene rings is 4. The van der Waals surface area contributed by atoms with E-state index in [2.05, 4.69) is 21.1 Å². The fraction of sp³-hybridized carbons (Fsp3) is 0.0625. The van der Waals surface area contributed by atoms with Crippen molar-refractivity contribution in [1.29, 1.82) is 0 Å². The van der Waals surface area contributed by atoms with Gasteiger partial charge in [-0.2, -0.15) is 10.2 Å². The van der Waals surface area contributed by atoms with E-state index in [-0.39, 0.29) is 24.3 Å². The maximum Gasteiger partial charge on any atom is 0.343 e. The van der Waals surface area contributed by atoms with Gasteiger partial charge in [0.1, 0.15) is 11.5 Å². The summed E-state index contributed by atoms with van der Waals surface area (Å²) in [6.45, 7) is 0. The number of esters is 2. The summed E-state index contributed by atoms with van der Waals surface area (Å²) in [4.78, 5) is 49.3. The Labute approximate surface area is 262 Å². The van der Waals surface area contributed by atoms with Crippen LogP contribution in [0.3, 0.4) is 0 Å². The van der Waals surface area contributed by atoms with E-state index in [1.807, 2.05) is 0 Å². The predicted octanol–water partition coefficient (Wildman–Crippen LogP) is 5.81. The number of nitrogens with zero attached hydrogens (tertiary/aromatic N) is 2. The third-order valence-electron chi connectivity index (χ3n) is 5.77. The Kier molecular flexibility index (Phi) is 11.3. The van der Waals surface area contributed by atoms with E-state index in [4.69, 9.17) is 32.7 Å². The number of ether oxygens (including phenoxy) is 2. The first kappa shape index (κ1) is 31.6. The molecular weight excluding hydrogens is 607 g/mol. The number of carbonyl (C=O) groups excluding carboxylic acids is 4.